The molecule has 1 aliphatic rings. The zero-order chi connectivity index (χ0) is 31.8. The van der Waals surface area contributed by atoms with Crippen LogP contribution in [0.5, 0.6) is 11.5 Å². The largest absolute Gasteiger partial charge is 0.534 e. The van der Waals surface area contributed by atoms with Crippen molar-refractivity contribution in [3.63, 3.8) is 0 Å². The van der Waals surface area contributed by atoms with Crippen molar-refractivity contribution in [1.82, 2.24) is 4.90 Å². The van der Waals surface area contributed by atoms with Crippen LogP contribution in [0.1, 0.15) is 53.4 Å². The van der Waals surface area contributed by atoms with Crippen LogP contribution in [-0.4, -0.2) is 50.5 Å². The maximum absolute atomic E-state index is 14.3. The highest BCUT2D eigenvalue weighted by molar-refractivity contribution is 7.88. The Bertz CT molecular complexity index is 1630. The number of halogens is 3. The van der Waals surface area contributed by atoms with Crippen molar-refractivity contribution >= 4 is 22.0 Å². The van der Waals surface area contributed by atoms with Crippen LogP contribution in [0.3, 0.4) is 0 Å². The van der Waals surface area contributed by atoms with Gasteiger partial charge in [0.1, 0.15) is 17.0 Å². The number of fused-ring (bicyclic) bond motifs is 1. The average molecular weight is 620 g/mol. The number of hydrogen-bond acceptors (Lipinski definition) is 7. The number of hydrogen-bond donors (Lipinski definition) is 0. The third-order valence-electron chi connectivity index (χ3n) is 7.40. The quantitative estimate of drug-likeness (QED) is 0.194. The first-order chi connectivity index (χ1) is 20.0. The summed E-state index contributed by atoms with van der Waals surface area (Å²) in [5, 5.41) is 0. The van der Waals surface area contributed by atoms with Gasteiger partial charge in [-0.1, -0.05) is 63.2 Å². The van der Waals surface area contributed by atoms with E-state index in [1.54, 1.807) is 30.3 Å². The Morgan fingerprint density at radius 1 is 0.930 bits per heavy atom. The number of carbonyl (C=O) groups is 2. The molecule has 1 aliphatic heterocycles. The molecule has 0 spiro atoms. The van der Waals surface area contributed by atoms with Crippen molar-refractivity contribution in [2.24, 2.45) is 0 Å². The number of methoxy groups -OCH3 is 2. The summed E-state index contributed by atoms with van der Waals surface area (Å²) in [6, 6.07) is 17.6. The minimum atomic E-state index is -5.92. The zero-order valence-electron chi connectivity index (χ0n) is 24.3. The van der Waals surface area contributed by atoms with E-state index in [-0.39, 0.29) is 30.4 Å². The van der Waals surface area contributed by atoms with Crippen LogP contribution in [0.25, 0.3) is 0 Å². The van der Waals surface area contributed by atoms with Crippen molar-refractivity contribution in [3.05, 3.63) is 94.5 Å². The third-order valence-corrected chi connectivity index (χ3v) is 8.38. The van der Waals surface area contributed by atoms with Crippen LogP contribution in [0.2, 0.25) is 0 Å². The topological polar surface area (TPSA) is 99.2 Å². The van der Waals surface area contributed by atoms with Crippen LogP contribution in [0.15, 0.2) is 66.7 Å². The second-order valence-electron chi connectivity index (χ2n) is 11.3. The summed E-state index contributed by atoms with van der Waals surface area (Å²) in [4.78, 5) is 29.3. The first kappa shape index (κ1) is 31.9. The molecule has 0 saturated heterocycles. The van der Waals surface area contributed by atoms with Gasteiger partial charge in [0.05, 0.1) is 14.2 Å². The van der Waals surface area contributed by atoms with Crippen LogP contribution >= 0.6 is 0 Å². The van der Waals surface area contributed by atoms with Gasteiger partial charge in [-0.05, 0) is 51.9 Å². The highest BCUT2D eigenvalue weighted by Crippen LogP contribution is 2.39. The maximum Gasteiger partial charge on any atom is 0.534 e. The second-order valence-corrected chi connectivity index (χ2v) is 12.9. The number of rotatable bonds is 7. The normalized spacial score (nSPS) is 17.2. The fraction of sp³-hybridized carbons (Fsp3) is 0.355. The van der Waals surface area contributed by atoms with Gasteiger partial charge in [-0.2, -0.15) is 21.6 Å². The first-order valence-electron chi connectivity index (χ1n) is 13.3. The van der Waals surface area contributed by atoms with E-state index >= 15 is 0 Å². The van der Waals surface area contributed by atoms with E-state index in [1.165, 1.54) is 25.2 Å². The molecule has 12 heteroatoms. The van der Waals surface area contributed by atoms with E-state index in [0.29, 0.717) is 16.9 Å². The number of nitrogens with zero attached hydrogens (tertiary/aromatic N) is 1. The second kappa shape index (κ2) is 11.6. The predicted octanol–water partition coefficient (Wildman–Crippen LogP) is 5.57. The fourth-order valence-electron chi connectivity index (χ4n) is 5.28. The summed E-state index contributed by atoms with van der Waals surface area (Å²) < 4.78 is 77.4. The van der Waals surface area contributed by atoms with E-state index in [9.17, 15) is 31.2 Å². The Kier molecular flexibility index (Phi) is 8.56. The monoisotopic (exact) mass is 619 g/mol. The Balaban J connectivity index is 1.86. The van der Waals surface area contributed by atoms with E-state index in [0.717, 1.165) is 23.3 Å². The van der Waals surface area contributed by atoms with Crippen molar-refractivity contribution < 1.29 is 44.8 Å². The molecule has 4 rings (SSSR count). The standard InChI is InChI=1S/C31H32F3NO7S/c1-29(2,3)25-14-12-21(16-26(25)40-4)27(36)35-19-23-15-24(42-43(38,39)31(32,33)34)13-11-22(23)18-30(35,28(37)41-5)17-20-9-7-6-8-10-20/h6-16H,17-19H2,1-5H3. The molecule has 3 aromatic rings. The molecule has 0 aliphatic carbocycles. The molecule has 0 saturated carbocycles. The molecule has 0 N–H and O–H groups in total. The van der Waals surface area contributed by atoms with Crippen molar-refractivity contribution in [1.29, 1.82) is 0 Å². The Labute approximate surface area is 248 Å². The molecule has 230 valence electrons. The number of alkyl halides is 3. The molecule has 0 aromatic heterocycles. The molecule has 0 bridgehead atoms. The van der Waals surface area contributed by atoms with Gasteiger partial charge in [-0.25, -0.2) is 4.79 Å². The van der Waals surface area contributed by atoms with Crippen LogP contribution in [0.4, 0.5) is 13.2 Å². The van der Waals surface area contributed by atoms with Crippen LogP contribution in [0, 0.1) is 0 Å². The maximum atomic E-state index is 14.3. The van der Waals surface area contributed by atoms with Crippen LogP contribution in [-0.2, 0) is 44.5 Å². The molecule has 3 aromatic carbocycles. The van der Waals surface area contributed by atoms with Crippen molar-refractivity contribution in [3.8, 4) is 11.5 Å². The van der Waals surface area contributed by atoms with Crippen LogP contribution < -0.4 is 8.92 Å². The average Bonchev–Trinajstić information content (AvgIpc) is 2.95. The number of esters is 1. The molecule has 1 amide bonds. The number of carbonyl (C=O) groups excluding carboxylic acids is 2. The number of ether oxygens (including phenoxy) is 2. The van der Waals surface area contributed by atoms with E-state index in [2.05, 4.69) is 4.18 Å². The molecular formula is C31H32F3NO7S. The fourth-order valence-corrected chi connectivity index (χ4v) is 5.73. The highest BCUT2D eigenvalue weighted by atomic mass is 32.2. The zero-order valence-corrected chi connectivity index (χ0v) is 25.1. The Morgan fingerprint density at radius 3 is 2.19 bits per heavy atom. The lowest BCUT2D eigenvalue weighted by molar-refractivity contribution is -0.154. The predicted molar refractivity (Wildman–Crippen MR) is 152 cm³/mol. The molecule has 43 heavy (non-hydrogen) atoms. The molecule has 0 radical (unpaired) electrons. The molecule has 1 heterocycles. The van der Waals surface area contributed by atoms with Gasteiger partial charge >= 0.3 is 21.6 Å². The smallest absolute Gasteiger partial charge is 0.496 e. The third kappa shape index (κ3) is 6.34. The van der Waals surface area contributed by atoms with E-state index in [1.807, 2.05) is 39.0 Å². The minimum Gasteiger partial charge on any atom is -0.496 e. The number of amides is 1. The summed E-state index contributed by atoms with van der Waals surface area (Å²) in [5.41, 5.74) is -4.83. The SMILES string of the molecule is COC(=O)C1(Cc2ccccc2)Cc2ccc(OS(=O)(=O)C(F)(F)F)cc2CN1C(=O)c1ccc(C(C)(C)C)c(OC)c1. The molecule has 8 nitrogen and oxygen atoms in total. The molecular weight excluding hydrogens is 587 g/mol. The number of benzene rings is 3. The lowest BCUT2D eigenvalue weighted by Crippen LogP contribution is -2.62. The van der Waals surface area contributed by atoms with Gasteiger partial charge < -0.3 is 18.6 Å². The highest BCUT2D eigenvalue weighted by Gasteiger charge is 2.51. The lowest BCUT2D eigenvalue weighted by Gasteiger charge is -2.46. The van der Waals surface area contributed by atoms with Crippen molar-refractivity contribution in [2.75, 3.05) is 14.2 Å². The van der Waals surface area contributed by atoms with Gasteiger partial charge in [0.2, 0.25) is 0 Å². The summed E-state index contributed by atoms with van der Waals surface area (Å²) in [6.45, 7) is 5.74. The van der Waals surface area contributed by atoms with Gasteiger partial charge in [-0.15, -0.1) is 0 Å². The molecule has 1 unspecified atom stereocenters. The Hall–Kier alpha value is -4.06. The van der Waals surface area contributed by atoms with Gasteiger partial charge in [-0.3, -0.25) is 4.79 Å². The summed E-state index contributed by atoms with van der Waals surface area (Å²) >= 11 is 0. The minimum absolute atomic E-state index is 0.0564. The van der Waals surface area contributed by atoms with E-state index in [4.69, 9.17) is 9.47 Å². The summed E-state index contributed by atoms with van der Waals surface area (Å²) in [5.74, 6) is -1.35. The van der Waals surface area contributed by atoms with E-state index < -0.39 is 38.8 Å². The van der Waals surface area contributed by atoms with Gasteiger partial charge in [0, 0.05) is 24.9 Å². The summed E-state index contributed by atoms with van der Waals surface area (Å²) in [6.07, 6.45) is 0.0166. The Morgan fingerprint density at radius 2 is 1.60 bits per heavy atom. The molecule has 0 fully saturated rings. The van der Waals surface area contributed by atoms with Crippen molar-refractivity contribution in [2.45, 2.75) is 56.6 Å². The first-order valence-corrected chi connectivity index (χ1v) is 14.7. The molecule has 1 atom stereocenters. The van der Waals surface area contributed by atoms with Gasteiger partial charge in [0.25, 0.3) is 5.91 Å². The lowest BCUT2D eigenvalue weighted by atomic mass is 9.77. The van der Waals surface area contributed by atoms with Gasteiger partial charge in [0.15, 0.2) is 0 Å². The summed E-state index contributed by atoms with van der Waals surface area (Å²) in [7, 11) is -3.22.